The summed E-state index contributed by atoms with van der Waals surface area (Å²) in [7, 11) is 0. The van der Waals surface area contributed by atoms with Crippen LogP contribution in [0.5, 0.6) is 0 Å². The third-order valence-electron chi connectivity index (χ3n) is 2.72. The molecule has 0 spiro atoms. The normalized spacial score (nSPS) is 13.2. The molecular formula is C12H16BrN3O2. The third-order valence-corrected chi connectivity index (χ3v) is 3.58. The Morgan fingerprint density at radius 2 is 2.28 bits per heavy atom. The predicted octanol–water partition coefficient (Wildman–Crippen LogP) is 2.47. The van der Waals surface area contributed by atoms with Crippen LogP contribution in [0.3, 0.4) is 0 Å². The molecule has 0 saturated heterocycles. The third kappa shape index (κ3) is 3.22. The fraction of sp³-hybridized carbons (Fsp3) is 0.333. The number of carbonyl (C=O) groups excluding carboxylic acids is 1. The number of hydrogen-bond acceptors (Lipinski definition) is 3. The molecule has 0 radical (unpaired) electrons. The lowest BCUT2D eigenvalue weighted by Gasteiger charge is -2.15. The molecule has 0 aliphatic heterocycles. The van der Waals surface area contributed by atoms with Crippen LogP contribution in [0.1, 0.15) is 18.9 Å². The standard InChI is InChI=1S/C12H16BrN3O2/c1-3-8(11(14)16-18)12(17)15-10-6-4-5-9(13)7(10)2/h4-6,8,18H,3H2,1-2H3,(H2,14,16)(H,15,17). The van der Waals surface area contributed by atoms with Gasteiger partial charge in [0.05, 0.1) is 5.92 Å². The molecule has 0 saturated carbocycles. The largest absolute Gasteiger partial charge is 0.409 e. The van der Waals surface area contributed by atoms with E-state index in [9.17, 15) is 4.79 Å². The van der Waals surface area contributed by atoms with Crippen molar-refractivity contribution in [3.8, 4) is 0 Å². The summed E-state index contributed by atoms with van der Waals surface area (Å²) in [6, 6.07) is 5.53. The molecule has 6 heteroatoms. The Hall–Kier alpha value is -1.56. The number of amidine groups is 1. The number of nitrogens with one attached hydrogen (secondary N) is 1. The van der Waals surface area contributed by atoms with Crippen molar-refractivity contribution >= 4 is 33.4 Å². The predicted molar refractivity (Wildman–Crippen MR) is 74.7 cm³/mol. The van der Waals surface area contributed by atoms with E-state index in [4.69, 9.17) is 10.9 Å². The van der Waals surface area contributed by atoms with Crippen LogP contribution >= 0.6 is 15.9 Å². The van der Waals surface area contributed by atoms with Gasteiger partial charge in [0.1, 0.15) is 0 Å². The summed E-state index contributed by atoms with van der Waals surface area (Å²) in [5.41, 5.74) is 7.12. The second-order valence-electron chi connectivity index (χ2n) is 3.89. The molecule has 0 aliphatic rings. The summed E-state index contributed by atoms with van der Waals surface area (Å²) in [5.74, 6) is -0.995. The molecule has 4 N–H and O–H groups in total. The van der Waals surface area contributed by atoms with Gasteiger partial charge in [-0.05, 0) is 31.0 Å². The zero-order valence-electron chi connectivity index (χ0n) is 10.3. The Morgan fingerprint density at radius 3 is 2.83 bits per heavy atom. The summed E-state index contributed by atoms with van der Waals surface area (Å²) in [6.07, 6.45) is 0.467. The Labute approximate surface area is 114 Å². The average Bonchev–Trinajstić information content (AvgIpc) is 2.35. The molecule has 1 aromatic rings. The minimum absolute atomic E-state index is 0.0809. The van der Waals surface area contributed by atoms with Crippen molar-refractivity contribution in [2.75, 3.05) is 5.32 Å². The van der Waals surface area contributed by atoms with Crippen molar-refractivity contribution in [2.24, 2.45) is 16.8 Å². The van der Waals surface area contributed by atoms with Crippen molar-refractivity contribution in [3.05, 3.63) is 28.2 Å². The van der Waals surface area contributed by atoms with Gasteiger partial charge in [0.15, 0.2) is 5.84 Å². The molecule has 1 atom stereocenters. The number of oxime groups is 1. The Bertz CT molecular complexity index is 474. The van der Waals surface area contributed by atoms with Crippen LogP contribution in [0.15, 0.2) is 27.8 Å². The monoisotopic (exact) mass is 313 g/mol. The van der Waals surface area contributed by atoms with E-state index >= 15 is 0 Å². The summed E-state index contributed by atoms with van der Waals surface area (Å²) < 4.78 is 0.914. The lowest BCUT2D eigenvalue weighted by molar-refractivity contribution is -0.118. The Morgan fingerprint density at radius 1 is 1.61 bits per heavy atom. The highest BCUT2D eigenvalue weighted by molar-refractivity contribution is 9.10. The highest BCUT2D eigenvalue weighted by atomic mass is 79.9. The van der Waals surface area contributed by atoms with E-state index < -0.39 is 5.92 Å². The van der Waals surface area contributed by atoms with Crippen LogP contribution in [-0.4, -0.2) is 17.0 Å². The zero-order valence-corrected chi connectivity index (χ0v) is 11.9. The van der Waals surface area contributed by atoms with E-state index in [1.165, 1.54) is 0 Å². The van der Waals surface area contributed by atoms with Gasteiger partial charge >= 0.3 is 0 Å². The summed E-state index contributed by atoms with van der Waals surface area (Å²) in [6.45, 7) is 3.69. The zero-order chi connectivity index (χ0) is 13.7. The molecule has 1 rings (SSSR count). The number of hydrogen-bond donors (Lipinski definition) is 3. The molecule has 0 aromatic heterocycles. The number of nitrogens with zero attached hydrogens (tertiary/aromatic N) is 1. The number of carbonyl (C=O) groups is 1. The van der Waals surface area contributed by atoms with Crippen LogP contribution in [0.2, 0.25) is 0 Å². The van der Waals surface area contributed by atoms with Gasteiger partial charge < -0.3 is 16.3 Å². The molecule has 18 heavy (non-hydrogen) atoms. The molecular weight excluding hydrogens is 298 g/mol. The number of halogens is 1. The summed E-state index contributed by atoms with van der Waals surface area (Å²) >= 11 is 3.39. The van der Waals surface area contributed by atoms with Crippen LogP contribution in [0, 0.1) is 12.8 Å². The quantitative estimate of drug-likeness (QED) is 0.345. The van der Waals surface area contributed by atoms with Crippen LogP contribution in [-0.2, 0) is 4.79 Å². The van der Waals surface area contributed by atoms with Gasteiger partial charge in [-0.15, -0.1) is 0 Å². The van der Waals surface area contributed by atoms with Crippen LogP contribution in [0.25, 0.3) is 0 Å². The van der Waals surface area contributed by atoms with Crippen LogP contribution < -0.4 is 11.1 Å². The van der Waals surface area contributed by atoms with E-state index in [-0.39, 0.29) is 11.7 Å². The van der Waals surface area contributed by atoms with Crippen molar-refractivity contribution in [1.29, 1.82) is 0 Å². The lowest BCUT2D eigenvalue weighted by Crippen LogP contribution is -2.34. The van der Waals surface area contributed by atoms with Crippen LogP contribution in [0.4, 0.5) is 5.69 Å². The van der Waals surface area contributed by atoms with Crippen molar-refractivity contribution in [2.45, 2.75) is 20.3 Å². The number of anilines is 1. The fourth-order valence-corrected chi connectivity index (χ4v) is 1.93. The summed E-state index contributed by atoms with van der Waals surface area (Å²) in [4.78, 5) is 12.0. The molecule has 98 valence electrons. The number of benzene rings is 1. The van der Waals surface area contributed by atoms with Gasteiger partial charge in [0.25, 0.3) is 0 Å². The first kappa shape index (κ1) is 14.5. The molecule has 0 bridgehead atoms. The molecule has 0 heterocycles. The average molecular weight is 314 g/mol. The van der Waals surface area contributed by atoms with Gasteiger partial charge in [0.2, 0.25) is 5.91 Å². The van der Waals surface area contributed by atoms with E-state index in [0.29, 0.717) is 12.1 Å². The second-order valence-corrected chi connectivity index (χ2v) is 4.74. The van der Waals surface area contributed by atoms with Gasteiger partial charge in [0, 0.05) is 10.2 Å². The molecule has 1 aromatic carbocycles. The van der Waals surface area contributed by atoms with E-state index in [0.717, 1.165) is 10.0 Å². The van der Waals surface area contributed by atoms with Crippen molar-refractivity contribution < 1.29 is 10.0 Å². The maximum atomic E-state index is 12.0. The maximum Gasteiger partial charge on any atom is 0.235 e. The second kappa shape index (κ2) is 6.39. The highest BCUT2D eigenvalue weighted by Crippen LogP contribution is 2.24. The molecule has 0 aliphatic carbocycles. The number of amides is 1. The first-order valence-electron chi connectivity index (χ1n) is 5.54. The van der Waals surface area contributed by atoms with Crippen molar-refractivity contribution in [3.63, 3.8) is 0 Å². The Balaban J connectivity index is 2.90. The van der Waals surface area contributed by atoms with Gasteiger partial charge in [-0.1, -0.05) is 34.1 Å². The van der Waals surface area contributed by atoms with Gasteiger partial charge in [-0.25, -0.2) is 0 Å². The Kier molecular flexibility index (Phi) is 5.15. The van der Waals surface area contributed by atoms with E-state index in [1.54, 1.807) is 13.0 Å². The molecule has 1 amide bonds. The SMILES string of the molecule is CCC(C(=O)Nc1cccc(Br)c1C)/C(N)=N/O. The lowest BCUT2D eigenvalue weighted by atomic mass is 10.0. The first-order valence-corrected chi connectivity index (χ1v) is 6.34. The van der Waals surface area contributed by atoms with Gasteiger partial charge in [-0.3, -0.25) is 4.79 Å². The number of nitrogens with two attached hydrogens (primary N) is 1. The fourth-order valence-electron chi connectivity index (χ4n) is 1.56. The van der Waals surface area contributed by atoms with Crippen molar-refractivity contribution in [1.82, 2.24) is 0 Å². The molecule has 1 unspecified atom stereocenters. The van der Waals surface area contributed by atoms with E-state index in [1.807, 2.05) is 19.1 Å². The minimum atomic E-state index is -0.631. The first-order chi connectivity index (χ1) is 8.51. The molecule has 5 nitrogen and oxygen atoms in total. The minimum Gasteiger partial charge on any atom is -0.409 e. The van der Waals surface area contributed by atoms with E-state index in [2.05, 4.69) is 26.4 Å². The van der Waals surface area contributed by atoms with Gasteiger partial charge in [-0.2, -0.15) is 0 Å². The topological polar surface area (TPSA) is 87.7 Å². The summed E-state index contributed by atoms with van der Waals surface area (Å²) in [5, 5.41) is 14.3. The highest BCUT2D eigenvalue weighted by Gasteiger charge is 2.21. The molecule has 0 fully saturated rings. The maximum absolute atomic E-state index is 12.0. The smallest absolute Gasteiger partial charge is 0.235 e. The number of rotatable bonds is 4.